The molecule has 5 heteroatoms. The van der Waals surface area contributed by atoms with Crippen molar-refractivity contribution in [3.05, 3.63) is 45.2 Å². The minimum absolute atomic E-state index is 0.0497. The van der Waals surface area contributed by atoms with Crippen LogP contribution in [0, 0.1) is 0 Å². The standard InChI is InChI=1S/C15H17BrClNO2/c1-4-6-10(8-17)13-14(19)11(7-9(3)16)12(5-2)18-15(13)20/h4-7,9,19H,1,8H2,2-3H3,(H,18,20)/b10-6+,11-7+,12-5+. The van der Waals surface area contributed by atoms with E-state index in [2.05, 4.69) is 27.5 Å². The van der Waals surface area contributed by atoms with Crippen LogP contribution in [-0.2, 0) is 0 Å². The number of pyridine rings is 1. The van der Waals surface area contributed by atoms with Gasteiger partial charge in [-0.3, -0.25) is 4.79 Å². The van der Waals surface area contributed by atoms with Gasteiger partial charge in [0.15, 0.2) is 0 Å². The molecule has 3 nitrogen and oxygen atoms in total. The number of hydrogen-bond donors (Lipinski definition) is 2. The summed E-state index contributed by atoms with van der Waals surface area (Å²) in [4.78, 5) is 14.9. The van der Waals surface area contributed by atoms with Gasteiger partial charge in [-0.15, -0.1) is 11.6 Å². The molecule has 1 unspecified atom stereocenters. The fourth-order valence-corrected chi connectivity index (χ4v) is 2.37. The molecular weight excluding hydrogens is 342 g/mol. The SMILES string of the molecule is C=C/C=C(\CCl)c1c(O)c(=C/C(C)Br)/c(=C\C)[nH]c1=O. The first-order valence-corrected chi connectivity index (χ1v) is 7.56. The van der Waals surface area contributed by atoms with Gasteiger partial charge in [0.05, 0.1) is 5.56 Å². The summed E-state index contributed by atoms with van der Waals surface area (Å²) in [5.41, 5.74) is 0.341. The highest BCUT2D eigenvalue weighted by Crippen LogP contribution is 2.18. The Labute approximate surface area is 131 Å². The Bertz CT molecular complexity index is 702. The zero-order valence-corrected chi connectivity index (χ0v) is 13.8. The van der Waals surface area contributed by atoms with E-state index in [1.54, 1.807) is 19.1 Å². The van der Waals surface area contributed by atoms with E-state index in [9.17, 15) is 9.90 Å². The summed E-state index contributed by atoms with van der Waals surface area (Å²) in [6, 6.07) is 0. The maximum atomic E-state index is 12.1. The number of alkyl halides is 2. The summed E-state index contributed by atoms with van der Waals surface area (Å²) in [5, 5.41) is 11.6. The van der Waals surface area contributed by atoms with Crippen LogP contribution >= 0.6 is 27.5 Å². The summed E-state index contributed by atoms with van der Waals surface area (Å²) in [6.45, 7) is 7.30. The lowest BCUT2D eigenvalue weighted by atomic mass is 10.1. The van der Waals surface area contributed by atoms with Crippen LogP contribution in [0.15, 0.2) is 23.5 Å². The third-order valence-electron chi connectivity index (χ3n) is 2.73. The van der Waals surface area contributed by atoms with E-state index in [1.807, 2.05) is 13.0 Å². The van der Waals surface area contributed by atoms with Crippen LogP contribution in [-0.4, -0.2) is 20.8 Å². The van der Waals surface area contributed by atoms with Crippen molar-refractivity contribution in [2.24, 2.45) is 0 Å². The van der Waals surface area contributed by atoms with E-state index in [0.29, 0.717) is 16.1 Å². The quantitative estimate of drug-likeness (QED) is 0.641. The Morgan fingerprint density at radius 2 is 2.25 bits per heavy atom. The largest absolute Gasteiger partial charge is 0.506 e. The number of rotatable bonds is 4. The number of hydrogen-bond acceptors (Lipinski definition) is 2. The predicted octanol–water partition coefficient (Wildman–Crippen LogP) is 2.25. The van der Waals surface area contributed by atoms with Crippen molar-refractivity contribution in [1.29, 1.82) is 0 Å². The average molecular weight is 359 g/mol. The topological polar surface area (TPSA) is 53.1 Å². The molecule has 1 atom stereocenters. The van der Waals surface area contributed by atoms with Gasteiger partial charge in [0.2, 0.25) is 0 Å². The second-order valence-electron chi connectivity index (χ2n) is 4.20. The summed E-state index contributed by atoms with van der Waals surface area (Å²) < 4.78 is 0. The number of H-pyrrole nitrogens is 1. The minimum atomic E-state index is -0.372. The van der Waals surface area contributed by atoms with Gasteiger partial charge in [0.1, 0.15) is 5.75 Å². The average Bonchev–Trinajstić information content (AvgIpc) is 2.40. The third-order valence-corrected chi connectivity index (χ3v) is 3.28. The molecular formula is C15H17BrClNO2. The van der Waals surface area contributed by atoms with E-state index in [1.165, 1.54) is 6.08 Å². The molecule has 0 bridgehead atoms. The van der Waals surface area contributed by atoms with E-state index in [4.69, 9.17) is 11.6 Å². The van der Waals surface area contributed by atoms with Crippen LogP contribution in [0.25, 0.3) is 17.7 Å². The van der Waals surface area contributed by atoms with Crippen LogP contribution in [0.4, 0.5) is 0 Å². The van der Waals surface area contributed by atoms with Gasteiger partial charge in [-0.1, -0.05) is 46.8 Å². The molecule has 1 rings (SSSR count). The van der Waals surface area contributed by atoms with E-state index in [0.717, 1.165) is 0 Å². The summed E-state index contributed by atoms with van der Waals surface area (Å²) in [6.07, 6.45) is 6.72. The van der Waals surface area contributed by atoms with E-state index in [-0.39, 0.29) is 27.6 Å². The molecule has 1 aromatic heterocycles. The fraction of sp³-hybridized carbons (Fsp3) is 0.267. The molecule has 0 amide bonds. The fourth-order valence-electron chi connectivity index (χ4n) is 1.88. The van der Waals surface area contributed by atoms with Gasteiger partial charge >= 0.3 is 0 Å². The zero-order valence-electron chi connectivity index (χ0n) is 11.4. The molecule has 0 spiro atoms. The summed E-state index contributed by atoms with van der Waals surface area (Å²) >= 11 is 9.26. The van der Waals surface area contributed by atoms with Gasteiger partial charge in [-0.2, -0.15) is 0 Å². The van der Waals surface area contributed by atoms with Crippen molar-refractivity contribution >= 4 is 45.3 Å². The normalized spacial score (nSPS) is 15.5. The Morgan fingerprint density at radius 1 is 1.60 bits per heavy atom. The van der Waals surface area contributed by atoms with E-state index >= 15 is 0 Å². The Kier molecular flexibility index (Phi) is 6.30. The highest BCUT2D eigenvalue weighted by Gasteiger charge is 2.13. The van der Waals surface area contributed by atoms with Crippen LogP contribution in [0.5, 0.6) is 5.75 Å². The summed E-state index contributed by atoms with van der Waals surface area (Å²) in [5.74, 6) is 0.0446. The van der Waals surface area contributed by atoms with Crippen molar-refractivity contribution in [1.82, 2.24) is 4.98 Å². The molecule has 108 valence electrons. The molecule has 0 radical (unpaired) electrons. The zero-order chi connectivity index (χ0) is 15.3. The van der Waals surface area contributed by atoms with E-state index < -0.39 is 0 Å². The van der Waals surface area contributed by atoms with Crippen molar-refractivity contribution in [2.75, 3.05) is 5.88 Å². The van der Waals surface area contributed by atoms with Gasteiger partial charge in [0.25, 0.3) is 5.56 Å². The van der Waals surface area contributed by atoms with Crippen LogP contribution in [0.1, 0.15) is 19.4 Å². The van der Waals surface area contributed by atoms with Gasteiger partial charge in [-0.25, -0.2) is 0 Å². The number of aromatic nitrogens is 1. The second-order valence-corrected chi connectivity index (χ2v) is 5.91. The lowest BCUT2D eigenvalue weighted by Gasteiger charge is -2.07. The number of halogens is 2. The molecule has 0 aliphatic carbocycles. The molecule has 0 saturated heterocycles. The minimum Gasteiger partial charge on any atom is -0.506 e. The number of aromatic hydroxyl groups is 1. The van der Waals surface area contributed by atoms with Crippen molar-refractivity contribution in [2.45, 2.75) is 18.7 Å². The van der Waals surface area contributed by atoms with Crippen LogP contribution < -0.4 is 16.1 Å². The second kappa shape index (κ2) is 7.50. The first-order valence-electron chi connectivity index (χ1n) is 6.11. The molecule has 0 aromatic carbocycles. The molecule has 0 aliphatic heterocycles. The van der Waals surface area contributed by atoms with Gasteiger partial charge in [-0.05, 0) is 19.4 Å². The molecule has 0 aliphatic rings. The molecule has 0 saturated carbocycles. The highest BCUT2D eigenvalue weighted by atomic mass is 79.9. The van der Waals surface area contributed by atoms with Crippen molar-refractivity contribution in [3.8, 4) is 5.75 Å². The van der Waals surface area contributed by atoms with Crippen LogP contribution in [0.3, 0.4) is 0 Å². The monoisotopic (exact) mass is 357 g/mol. The lowest BCUT2D eigenvalue weighted by Crippen LogP contribution is -2.37. The molecule has 1 aromatic rings. The lowest BCUT2D eigenvalue weighted by molar-refractivity contribution is 0.466. The number of nitrogens with one attached hydrogen (secondary N) is 1. The maximum Gasteiger partial charge on any atom is 0.259 e. The number of aromatic amines is 1. The number of allylic oxidation sites excluding steroid dienone is 3. The van der Waals surface area contributed by atoms with Crippen molar-refractivity contribution in [3.63, 3.8) is 0 Å². The van der Waals surface area contributed by atoms with Crippen molar-refractivity contribution < 1.29 is 5.11 Å². The summed E-state index contributed by atoms with van der Waals surface area (Å²) in [7, 11) is 0. The molecule has 0 fully saturated rings. The molecule has 20 heavy (non-hydrogen) atoms. The van der Waals surface area contributed by atoms with Gasteiger partial charge < -0.3 is 10.1 Å². The molecule has 1 heterocycles. The maximum absolute atomic E-state index is 12.1. The first-order chi connectivity index (χ1) is 9.46. The predicted molar refractivity (Wildman–Crippen MR) is 89.9 cm³/mol. The third kappa shape index (κ3) is 3.64. The van der Waals surface area contributed by atoms with Crippen LogP contribution in [0.2, 0.25) is 0 Å². The smallest absolute Gasteiger partial charge is 0.259 e. The Morgan fingerprint density at radius 3 is 2.70 bits per heavy atom. The highest BCUT2D eigenvalue weighted by molar-refractivity contribution is 9.09. The van der Waals surface area contributed by atoms with Gasteiger partial charge in [0, 0.05) is 21.3 Å². The molecule has 2 N–H and O–H groups in total. The Balaban J connectivity index is 3.88. The first kappa shape index (κ1) is 16.8. The Hall–Kier alpha value is -1.26.